The van der Waals surface area contributed by atoms with Gasteiger partial charge in [0.15, 0.2) is 22.3 Å². The Hall–Kier alpha value is -5.81. The number of anilines is 1. The van der Waals surface area contributed by atoms with Gasteiger partial charge in [0.1, 0.15) is 40.9 Å². The molecule has 2 aliphatic heterocycles. The van der Waals surface area contributed by atoms with E-state index in [0.717, 1.165) is 0 Å². The third-order valence-electron chi connectivity index (χ3n) is 11.7. The first-order valence-corrected chi connectivity index (χ1v) is 20.1. The number of aliphatic hydroxyl groups is 2. The van der Waals surface area contributed by atoms with Crippen molar-refractivity contribution in [1.82, 2.24) is 4.98 Å². The Labute approximate surface area is 351 Å². The van der Waals surface area contributed by atoms with Crippen molar-refractivity contribution in [2.24, 2.45) is 29.4 Å². The summed E-state index contributed by atoms with van der Waals surface area (Å²) < 4.78 is 35.8. The first kappa shape index (κ1) is 44.7. The van der Waals surface area contributed by atoms with E-state index >= 15 is 0 Å². The second kappa shape index (κ2) is 17.7. The summed E-state index contributed by atoms with van der Waals surface area (Å²) in [5.74, 6) is -6.92. The number of methoxy groups -OCH3 is 1. The van der Waals surface area contributed by atoms with Gasteiger partial charge in [0.2, 0.25) is 0 Å². The van der Waals surface area contributed by atoms with Gasteiger partial charge in [-0.15, -0.1) is 0 Å². The number of phenolic OH excluding ortho intramolecular Hbond substituents is 1. The van der Waals surface area contributed by atoms with Gasteiger partial charge in [0.05, 0.1) is 35.5 Å². The fourth-order valence-electron chi connectivity index (χ4n) is 8.05. The van der Waals surface area contributed by atoms with Gasteiger partial charge in [-0.3, -0.25) is 19.2 Å². The molecule has 0 aliphatic carbocycles. The molecular weight excluding hydrogens is 791 g/mol. The lowest BCUT2D eigenvalue weighted by atomic mass is 9.78. The van der Waals surface area contributed by atoms with Crippen molar-refractivity contribution in [2.45, 2.75) is 85.6 Å². The first-order chi connectivity index (χ1) is 28.8. The number of rotatable bonds is 5. The molecule has 0 radical (unpaired) electrons. The molecule has 0 unspecified atom stereocenters. The number of nitrogens with one attached hydrogen (secondary N) is 1. The van der Waals surface area contributed by atoms with Gasteiger partial charge in [0, 0.05) is 73.8 Å². The number of Topliss-reactive ketones (excluding diaryl/α,β-unsaturated/α-hetero) is 1. The van der Waals surface area contributed by atoms with Crippen LogP contribution in [0, 0.1) is 30.6 Å². The van der Waals surface area contributed by atoms with E-state index in [1.807, 2.05) is 0 Å². The predicted octanol–water partition coefficient (Wildman–Crippen LogP) is 5.34. The molecule has 1 amide bonds. The van der Waals surface area contributed by atoms with E-state index in [9.17, 15) is 34.5 Å². The van der Waals surface area contributed by atoms with Gasteiger partial charge >= 0.3 is 11.8 Å². The van der Waals surface area contributed by atoms with Crippen LogP contribution in [0.4, 0.5) is 5.69 Å². The third-order valence-corrected chi connectivity index (χ3v) is 11.7. The number of nitrogens with two attached hydrogens (primary N) is 1. The lowest BCUT2D eigenvalue weighted by Gasteiger charge is -2.38. The molecule has 1 aromatic heterocycles. The van der Waals surface area contributed by atoms with Crippen molar-refractivity contribution in [3.8, 4) is 17.2 Å². The van der Waals surface area contributed by atoms with Crippen LogP contribution in [0.25, 0.3) is 33.0 Å². The van der Waals surface area contributed by atoms with E-state index < -0.39 is 82.7 Å². The van der Waals surface area contributed by atoms with E-state index in [1.165, 1.54) is 53.2 Å². The highest BCUT2D eigenvalue weighted by molar-refractivity contribution is 6.26. The summed E-state index contributed by atoms with van der Waals surface area (Å²) in [5.41, 5.74) is 4.97. The topological polar surface area (TPSA) is 239 Å². The number of aliphatic hydroxyl groups excluding tert-OH is 2. The second-order valence-corrected chi connectivity index (χ2v) is 16.0. The van der Waals surface area contributed by atoms with Crippen LogP contribution in [0.3, 0.4) is 0 Å². The molecule has 3 aromatic carbocycles. The molecule has 0 saturated carbocycles. The number of ketones is 1. The number of amides is 1. The maximum Gasteiger partial charge on any atom is 0.312 e. The number of esters is 1. The van der Waals surface area contributed by atoms with Crippen LogP contribution < -0.4 is 26.0 Å². The highest BCUT2D eigenvalue weighted by Gasteiger charge is 2.49. The summed E-state index contributed by atoms with van der Waals surface area (Å²) in [5, 5.41) is 37.2. The molecule has 326 valence electrons. The molecule has 6 rings (SSSR count). The number of benzene rings is 3. The summed E-state index contributed by atoms with van der Waals surface area (Å²) in [6.45, 7) is 13.0. The minimum atomic E-state index is -2.05. The number of ether oxygens (including phenoxy) is 5. The van der Waals surface area contributed by atoms with Gasteiger partial charge in [-0.1, -0.05) is 45.9 Å². The van der Waals surface area contributed by atoms with Crippen molar-refractivity contribution in [2.75, 3.05) is 25.6 Å². The Morgan fingerprint density at radius 3 is 2.41 bits per heavy atom. The number of hydrogen-bond donors (Lipinski definition) is 5. The van der Waals surface area contributed by atoms with Crippen LogP contribution in [0.2, 0.25) is 0 Å². The number of aromatic nitrogens is 1. The molecule has 0 spiro atoms. The van der Waals surface area contributed by atoms with Gasteiger partial charge in [-0.25, -0.2) is 4.98 Å². The standard InChI is InChI=1S/C45H53N3O13/c1-20-11-10-12-21(2)44(55)48-35-39(53)32-31(34-42(35)60-30-19-27(57-18-16-46)13-14-28(30)47-34)33-41(25(6)38(32)52)61-45(8,43(33)54)58-17-15-29(56-9)22(3)40(59-26(7)49)24(5)37(51)23(4)36(20)50/h10-15,17,19-20,22-24,29,36-37,40,50-51,53H,16,18,46H2,1-9H3,(H,48,55)/b11-10+,17-15+,21-12-/t20-,22+,23+,24+,29-,36-,37+,40+,45-/m0/s1. The smallest absolute Gasteiger partial charge is 0.312 e. The fraction of sp³-hybridized carbons (Fsp3) is 0.444. The summed E-state index contributed by atoms with van der Waals surface area (Å²) in [6, 6.07) is 4.82. The van der Waals surface area contributed by atoms with Crippen LogP contribution in [0.5, 0.6) is 17.2 Å². The SMILES string of the molecule is CO[C@H]1/C=C/O[C@@]2(C)Oc3c(C)c(=O)c4c(O)c(c5oc6cc(OCCN)ccc6nc5c4c3C2=O)NC(=O)/C(C)=C\C=C\[C@H](C)[C@H](O)[C@@H](C)[C@@H](O)[C@@H](C)[C@H](OC(C)=O)[C@@H]1C. The maximum absolute atomic E-state index is 14.6. The Bertz CT molecular complexity index is 2540. The number of carbonyl (C=O) groups is 3. The Morgan fingerprint density at radius 1 is 1.02 bits per heavy atom. The van der Waals surface area contributed by atoms with Crippen molar-refractivity contribution in [3.63, 3.8) is 0 Å². The van der Waals surface area contributed by atoms with Gasteiger partial charge in [-0.05, 0) is 32.1 Å². The fourth-order valence-corrected chi connectivity index (χ4v) is 8.05. The number of phenols is 1. The van der Waals surface area contributed by atoms with Crippen LogP contribution in [0.15, 0.2) is 63.6 Å². The first-order valence-electron chi connectivity index (χ1n) is 20.1. The number of carbonyl (C=O) groups excluding carboxylic acids is 3. The van der Waals surface area contributed by atoms with Crippen molar-refractivity contribution >= 4 is 56.3 Å². The van der Waals surface area contributed by atoms with Crippen LogP contribution >= 0.6 is 0 Å². The van der Waals surface area contributed by atoms with E-state index in [2.05, 4.69) is 5.32 Å². The van der Waals surface area contributed by atoms with E-state index in [1.54, 1.807) is 58.0 Å². The zero-order valence-corrected chi connectivity index (χ0v) is 35.6. The average Bonchev–Trinajstić information content (AvgIpc) is 3.50. The molecule has 9 atom stereocenters. The molecule has 0 saturated heterocycles. The normalized spacial score (nSPS) is 29.5. The molecule has 3 heterocycles. The molecule has 6 N–H and O–H groups in total. The lowest BCUT2D eigenvalue weighted by molar-refractivity contribution is -0.160. The van der Waals surface area contributed by atoms with Crippen molar-refractivity contribution < 1.29 is 57.8 Å². The number of allylic oxidation sites excluding steroid dienone is 2. The van der Waals surface area contributed by atoms with Crippen LogP contribution in [-0.2, 0) is 23.8 Å². The Balaban J connectivity index is 1.59. The van der Waals surface area contributed by atoms with Crippen LogP contribution in [-0.4, -0.2) is 88.4 Å². The van der Waals surface area contributed by atoms with Gasteiger partial charge < -0.3 is 54.5 Å². The number of fused-ring (bicyclic) bond motifs is 2. The van der Waals surface area contributed by atoms with E-state index in [-0.39, 0.29) is 68.7 Å². The molecule has 4 aromatic rings. The number of aromatic hydroxyl groups is 1. The zero-order chi connectivity index (χ0) is 44.7. The molecule has 4 bridgehead atoms. The minimum Gasteiger partial charge on any atom is -0.505 e. The van der Waals surface area contributed by atoms with E-state index in [4.69, 9.17) is 38.8 Å². The maximum atomic E-state index is 14.6. The lowest BCUT2D eigenvalue weighted by Crippen LogP contribution is -2.46. The summed E-state index contributed by atoms with van der Waals surface area (Å²) in [4.78, 5) is 59.9. The summed E-state index contributed by atoms with van der Waals surface area (Å²) in [7, 11) is 1.44. The zero-order valence-electron chi connectivity index (χ0n) is 35.6. The molecule has 16 heteroatoms. The Morgan fingerprint density at radius 2 is 1.74 bits per heavy atom. The quantitative estimate of drug-likeness (QED) is 0.0738. The highest BCUT2D eigenvalue weighted by Crippen LogP contribution is 2.48. The summed E-state index contributed by atoms with van der Waals surface area (Å²) in [6.07, 6.45) is 3.55. The molecule has 2 aliphatic rings. The minimum absolute atomic E-state index is 0.0177. The van der Waals surface area contributed by atoms with Gasteiger partial charge in [0.25, 0.3) is 11.7 Å². The molecule has 0 fully saturated rings. The third kappa shape index (κ3) is 8.32. The van der Waals surface area contributed by atoms with Gasteiger partial charge in [-0.2, -0.15) is 0 Å². The Kier molecular flexibility index (Phi) is 12.9. The summed E-state index contributed by atoms with van der Waals surface area (Å²) >= 11 is 0. The van der Waals surface area contributed by atoms with Crippen molar-refractivity contribution in [1.29, 1.82) is 0 Å². The molecule has 61 heavy (non-hydrogen) atoms. The van der Waals surface area contributed by atoms with Crippen LogP contribution in [0.1, 0.15) is 64.4 Å². The number of nitrogens with zero attached hydrogens (tertiary/aromatic N) is 1. The molecule has 16 nitrogen and oxygen atoms in total. The monoisotopic (exact) mass is 843 g/mol. The largest absolute Gasteiger partial charge is 0.505 e. The number of hydrogen-bond acceptors (Lipinski definition) is 15. The highest BCUT2D eigenvalue weighted by atomic mass is 16.7. The second-order valence-electron chi connectivity index (χ2n) is 16.0. The average molecular weight is 844 g/mol. The van der Waals surface area contributed by atoms with E-state index in [0.29, 0.717) is 11.3 Å². The van der Waals surface area contributed by atoms with Crippen molar-refractivity contribution in [3.05, 3.63) is 75.7 Å². The molecular formula is C45H53N3O13. The predicted molar refractivity (Wildman–Crippen MR) is 226 cm³/mol.